The van der Waals surface area contributed by atoms with E-state index in [4.69, 9.17) is 16.3 Å². The Hall–Kier alpha value is -3.51. The number of rotatable bonds is 8. The molecule has 1 unspecified atom stereocenters. The van der Waals surface area contributed by atoms with Crippen LogP contribution < -0.4 is 9.62 Å². The molecule has 3 aromatic rings. The van der Waals surface area contributed by atoms with Crippen molar-refractivity contribution in [2.75, 3.05) is 50.2 Å². The van der Waals surface area contributed by atoms with E-state index in [0.717, 1.165) is 24.0 Å². The lowest BCUT2D eigenvalue weighted by molar-refractivity contribution is -0.136. The Morgan fingerprint density at radius 3 is 2.34 bits per heavy atom. The van der Waals surface area contributed by atoms with E-state index < -0.39 is 21.3 Å². The van der Waals surface area contributed by atoms with Gasteiger partial charge in [0, 0.05) is 35.6 Å². The van der Waals surface area contributed by atoms with Crippen LogP contribution in [-0.4, -0.2) is 82.0 Å². The van der Waals surface area contributed by atoms with Crippen LogP contribution in [0.2, 0.25) is 5.02 Å². The minimum Gasteiger partial charge on any atom is -0.378 e. The van der Waals surface area contributed by atoms with Crippen LogP contribution >= 0.6 is 11.6 Å². The molecule has 0 bridgehead atoms. The highest BCUT2D eigenvalue weighted by molar-refractivity contribution is 7.92. The van der Waals surface area contributed by atoms with Crippen molar-refractivity contribution < 1.29 is 27.1 Å². The third-order valence-electron chi connectivity index (χ3n) is 10.2. The normalized spacial score (nSPS) is 21.1. The molecular formula is C35H38ClFN4O5S. The number of anilines is 1. The van der Waals surface area contributed by atoms with Gasteiger partial charge in [-0.15, -0.1) is 0 Å². The predicted octanol–water partition coefficient (Wildman–Crippen LogP) is 4.59. The lowest BCUT2D eigenvalue weighted by Gasteiger charge is -2.45. The van der Waals surface area contributed by atoms with Crippen molar-refractivity contribution in [1.82, 2.24) is 15.1 Å². The Bertz CT molecular complexity index is 1770. The number of benzene rings is 3. The summed E-state index contributed by atoms with van der Waals surface area (Å²) in [4.78, 5) is 30.6. The highest BCUT2D eigenvalue weighted by Crippen LogP contribution is 2.59. The van der Waals surface area contributed by atoms with Gasteiger partial charge in [-0.05, 0) is 104 Å². The Morgan fingerprint density at radius 1 is 0.957 bits per heavy atom. The predicted molar refractivity (Wildman–Crippen MR) is 176 cm³/mol. The quantitative estimate of drug-likeness (QED) is 0.374. The van der Waals surface area contributed by atoms with Gasteiger partial charge in [-0.25, -0.2) is 12.8 Å². The van der Waals surface area contributed by atoms with E-state index >= 15 is 0 Å². The van der Waals surface area contributed by atoms with E-state index in [9.17, 15) is 22.4 Å². The van der Waals surface area contributed by atoms with Crippen molar-refractivity contribution >= 4 is 39.1 Å². The Balaban J connectivity index is 1.22. The zero-order chi connectivity index (χ0) is 32.8. The van der Waals surface area contributed by atoms with E-state index in [1.54, 1.807) is 22.5 Å². The minimum absolute atomic E-state index is 0.0302. The Kier molecular flexibility index (Phi) is 8.75. The van der Waals surface area contributed by atoms with Gasteiger partial charge < -0.3 is 15.0 Å². The van der Waals surface area contributed by atoms with Gasteiger partial charge in [0.2, 0.25) is 5.91 Å². The van der Waals surface area contributed by atoms with Gasteiger partial charge >= 0.3 is 0 Å². The van der Waals surface area contributed by atoms with Crippen molar-refractivity contribution in [3.05, 3.63) is 94.3 Å². The van der Waals surface area contributed by atoms with Gasteiger partial charge in [0.1, 0.15) is 5.82 Å². The average Bonchev–Trinajstić information content (AvgIpc) is 3.89. The number of fused-ring (bicyclic) bond motifs is 2. The van der Waals surface area contributed by atoms with Crippen molar-refractivity contribution in [3.63, 3.8) is 0 Å². The second kappa shape index (κ2) is 12.8. The van der Waals surface area contributed by atoms with Gasteiger partial charge in [-0.1, -0.05) is 29.8 Å². The molecule has 2 saturated heterocycles. The van der Waals surface area contributed by atoms with Crippen LogP contribution in [0.3, 0.4) is 0 Å². The molecule has 4 aliphatic rings. The number of ether oxygens (including phenoxy) is 1. The van der Waals surface area contributed by atoms with Gasteiger partial charge in [0.05, 0.1) is 36.4 Å². The van der Waals surface area contributed by atoms with Gasteiger partial charge in [0.15, 0.2) is 0 Å². The fourth-order valence-electron chi connectivity index (χ4n) is 7.55. The second-order valence-corrected chi connectivity index (χ2v) is 15.2. The highest BCUT2D eigenvalue weighted by atomic mass is 35.5. The van der Waals surface area contributed by atoms with Crippen LogP contribution in [0.1, 0.15) is 47.2 Å². The summed E-state index contributed by atoms with van der Waals surface area (Å²) in [5, 5.41) is 3.53. The molecule has 1 spiro atoms. The average molecular weight is 681 g/mol. The monoisotopic (exact) mass is 680 g/mol. The number of nitrogens with zero attached hydrogens (tertiary/aromatic N) is 3. The van der Waals surface area contributed by atoms with Crippen LogP contribution in [0.5, 0.6) is 0 Å². The molecule has 9 nitrogen and oxygen atoms in total. The number of likely N-dealkylation sites (tertiary alicyclic amines) is 1. The number of amides is 2. The van der Waals surface area contributed by atoms with E-state index in [1.165, 1.54) is 24.3 Å². The van der Waals surface area contributed by atoms with E-state index in [2.05, 4.69) is 10.2 Å². The number of nitrogens with one attached hydrogen (secondary N) is 1. The Labute approximate surface area is 279 Å². The van der Waals surface area contributed by atoms with Crippen molar-refractivity contribution in [2.24, 2.45) is 5.92 Å². The molecule has 1 N–H and O–H groups in total. The smallest absolute Gasteiger partial charge is 0.264 e. The first-order valence-electron chi connectivity index (χ1n) is 16.2. The van der Waals surface area contributed by atoms with Crippen molar-refractivity contribution in [3.8, 4) is 0 Å². The van der Waals surface area contributed by atoms with Crippen LogP contribution in [0, 0.1) is 11.7 Å². The molecule has 2 amide bonds. The summed E-state index contributed by atoms with van der Waals surface area (Å²) in [6.07, 6.45) is 3.08. The number of hydrogen-bond acceptors (Lipinski definition) is 6. The summed E-state index contributed by atoms with van der Waals surface area (Å²) in [5.74, 6) is -0.559. The molecule has 0 aromatic heterocycles. The number of morpholine rings is 1. The number of carbonyl (C=O) groups excluding carboxylic acids is 2. The minimum atomic E-state index is -4.06. The highest BCUT2D eigenvalue weighted by Gasteiger charge is 2.60. The zero-order valence-corrected chi connectivity index (χ0v) is 27.6. The third-order valence-corrected chi connectivity index (χ3v) is 12.3. The first-order valence-corrected chi connectivity index (χ1v) is 18.0. The molecule has 248 valence electrons. The fraction of sp³-hybridized carbons (Fsp3) is 0.429. The zero-order valence-electron chi connectivity index (χ0n) is 26.0. The molecule has 1 aliphatic carbocycles. The standard InChI is InChI=1S/C35H38ClFN4O5S/c36-30-4-2-1-3-26(30)22-38-34(43)25-7-12-31-29(21-25)35(13-15-39(16-14-35)23-32(42)40-17-19-46-20-18-40)33(24-5-6-24)41(31)47(44,45)28-10-8-27(37)9-11-28/h1-4,7-12,21,24,33H,5-6,13-20,22-23H2,(H,38,43). The Morgan fingerprint density at radius 2 is 1.66 bits per heavy atom. The first-order chi connectivity index (χ1) is 22.7. The van der Waals surface area contributed by atoms with E-state index in [-0.39, 0.29) is 35.2 Å². The SMILES string of the molecule is O=C(NCc1ccccc1Cl)c1ccc2c(c1)C1(CCN(CC(=O)N3CCOCC3)CC1)C(C1CC1)N2S(=O)(=O)c1ccc(F)cc1. The van der Waals surface area contributed by atoms with Crippen molar-refractivity contribution in [1.29, 1.82) is 0 Å². The van der Waals surface area contributed by atoms with Crippen LogP contribution in [0.25, 0.3) is 0 Å². The molecule has 3 heterocycles. The molecule has 12 heteroatoms. The molecular weight excluding hydrogens is 643 g/mol. The lowest BCUT2D eigenvalue weighted by Crippen LogP contribution is -2.55. The van der Waals surface area contributed by atoms with Crippen LogP contribution in [0.15, 0.2) is 71.6 Å². The summed E-state index contributed by atoms with van der Waals surface area (Å²) in [5.41, 5.74) is 2.08. The summed E-state index contributed by atoms with van der Waals surface area (Å²) in [7, 11) is -4.06. The summed E-state index contributed by atoms with van der Waals surface area (Å²) in [6, 6.07) is 17.2. The maximum atomic E-state index is 14.4. The summed E-state index contributed by atoms with van der Waals surface area (Å²) in [6.45, 7) is 4.05. The van der Waals surface area contributed by atoms with Crippen molar-refractivity contribution in [2.45, 2.75) is 48.6 Å². The number of piperidine rings is 1. The molecule has 3 aromatic carbocycles. The van der Waals surface area contributed by atoms with E-state index in [1.807, 2.05) is 29.2 Å². The summed E-state index contributed by atoms with van der Waals surface area (Å²) >= 11 is 6.32. The van der Waals surface area contributed by atoms with Gasteiger partial charge in [-0.2, -0.15) is 0 Å². The van der Waals surface area contributed by atoms with Gasteiger partial charge in [-0.3, -0.25) is 18.8 Å². The molecule has 1 atom stereocenters. The van der Waals surface area contributed by atoms with Gasteiger partial charge in [0.25, 0.3) is 15.9 Å². The summed E-state index contributed by atoms with van der Waals surface area (Å²) < 4.78 is 49.7. The topological polar surface area (TPSA) is 99.3 Å². The second-order valence-electron chi connectivity index (χ2n) is 13.0. The lowest BCUT2D eigenvalue weighted by atomic mass is 9.68. The molecule has 3 aliphatic heterocycles. The molecule has 47 heavy (non-hydrogen) atoms. The number of carbonyl (C=O) groups is 2. The largest absolute Gasteiger partial charge is 0.378 e. The van der Waals surface area contributed by atoms with Crippen LogP contribution in [0.4, 0.5) is 10.1 Å². The number of hydrogen-bond donors (Lipinski definition) is 1. The maximum Gasteiger partial charge on any atom is 0.264 e. The fourth-order valence-corrected chi connectivity index (χ4v) is 9.55. The van der Waals surface area contributed by atoms with Crippen LogP contribution in [-0.2, 0) is 31.5 Å². The maximum absolute atomic E-state index is 14.4. The molecule has 7 rings (SSSR count). The molecule has 0 radical (unpaired) electrons. The molecule has 3 fully saturated rings. The first kappa shape index (κ1) is 32.1. The van der Waals surface area contributed by atoms with E-state index in [0.29, 0.717) is 75.1 Å². The number of sulfonamides is 1. The third kappa shape index (κ3) is 6.14. The number of halogens is 2. The molecule has 1 saturated carbocycles.